The molecular formula is C18H19ClN2O4. The molecule has 0 aliphatic rings. The number of carbonyl (C=O) groups is 1. The highest BCUT2D eigenvalue weighted by Gasteiger charge is 2.21. The molecule has 0 saturated carbocycles. The fourth-order valence-corrected chi connectivity index (χ4v) is 2.39. The summed E-state index contributed by atoms with van der Waals surface area (Å²) < 4.78 is 5.34. The van der Waals surface area contributed by atoms with Crippen molar-refractivity contribution in [3.05, 3.63) is 69.2 Å². The van der Waals surface area contributed by atoms with Gasteiger partial charge in [-0.05, 0) is 29.8 Å². The highest BCUT2D eigenvalue weighted by atomic mass is 35.5. The normalized spacial score (nSPS) is 11.0. The Hall–Kier alpha value is -2.60. The second kappa shape index (κ2) is 7.98. The maximum Gasteiger partial charge on any atom is 0.269 e. The minimum Gasteiger partial charge on any atom is -0.484 e. The van der Waals surface area contributed by atoms with Crippen molar-refractivity contribution < 1.29 is 14.5 Å². The summed E-state index contributed by atoms with van der Waals surface area (Å²) in [4.78, 5) is 22.1. The first-order chi connectivity index (χ1) is 11.8. The molecule has 25 heavy (non-hydrogen) atoms. The molecule has 7 heteroatoms. The Balaban J connectivity index is 1.84. The lowest BCUT2D eigenvalue weighted by Gasteiger charge is -2.25. The summed E-state index contributed by atoms with van der Waals surface area (Å²) in [6, 6.07) is 13.1. The highest BCUT2D eigenvalue weighted by molar-refractivity contribution is 6.30. The van der Waals surface area contributed by atoms with Crippen LogP contribution in [0.5, 0.6) is 5.75 Å². The summed E-state index contributed by atoms with van der Waals surface area (Å²) in [6.07, 6.45) is 0. The van der Waals surface area contributed by atoms with Crippen molar-refractivity contribution in [3.8, 4) is 5.75 Å². The van der Waals surface area contributed by atoms with Gasteiger partial charge < -0.3 is 10.1 Å². The average Bonchev–Trinajstić information content (AvgIpc) is 2.58. The minimum absolute atomic E-state index is 0.0277. The second-order valence-corrected chi connectivity index (χ2v) is 6.65. The Morgan fingerprint density at radius 1 is 1.24 bits per heavy atom. The van der Waals surface area contributed by atoms with Gasteiger partial charge >= 0.3 is 0 Å². The van der Waals surface area contributed by atoms with Crippen LogP contribution in [0.1, 0.15) is 19.4 Å². The maximum absolute atomic E-state index is 12.0. The minimum atomic E-state index is -0.492. The first kappa shape index (κ1) is 18.7. The molecule has 1 amide bonds. The molecule has 0 aliphatic heterocycles. The number of nitro benzene ring substituents is 1. The molecule has 2 rings (SSSR count). The molecule has 0 heterocycles. The van der Waals surface area contributed by atoms with Crippen LogP contribution in [0.4, 0.5) is 5.69 Å². The lowest BCUT2D eigenvalue weighted by atomic mass is 9.84. The summed E-state index contributed by atoms with van der Waals surface area (Å²) in [5, 5.41) is 14.1. The van der Waals surface area contributed by atoms with E-state index in [0.29, 0.717) is 17.3 Å². The van der Waals surface area contributed by atoms with Crippen molar-refractivity contribution >= 4 is 23.2 Å². The molecule has 132 valence electrons. The van der Waals surface area contributed by atoms with Crippen LogP contribution in [0.15, 0.2) is 48.5 Å². The van der Waals surface area contributed by atoms with E-state index in [4.69, 9.17) is 16.3 Å². The number of carbonyl (C=O) groups excluding carboxylic acids is 1. The Kier molecular flexibility index (Phi) is 5.98. The number of rotatable bonds is 7. The summed E-state index contributed by atoms with van der Waals surface area (Å²) in [7, 11) is 0. The molecule has 0 radical (unpaired) electrons. The fraction of sp³-hybridized carbons (Fsp3) is 0.278. The zero-order valence-corrected chi connectivity index (χ0v) is 14.7. The molecule has 0 unspecified atom stereocenters. The van der Waals surface area contributed by atoms with Crippen molar-refractivity contribution in [1.82, 2.24) is 5.32 Å². The van der Waals surface area contributed by atoms with Crippen LogP contribution in [0.2, 0.25) is 5.02 Å². The van der Waals surface area contributed by atoms with Gasteiger partial charge in [0.25, 0.3) is 11.6 Å². The molecule has 0 bridgehead atoms. The number of non-ortho nitro benzene ring substituents is 1. The number of hydrogen-bond acceptors (Lipinski definition) is 4. The molecule has 0 atom stereocenters. The van der Waals surface area contributed by atoms with Gasteiger partial charge in [0.2, 0.25) is 0 Å². The quantitative estimate of drug-likeness (QED) is 0.601. The van der Waals surface area contributed by atoms with Crippen molar-refractivity contribution in [1.29, 1.82) is 0 Å². The fourth-order valence-electron chi connectivity index (χ4n) is 2.20. The van der Waals surface area contributed by atoms with E-state index in [2.05, 4.69) is 5.32 Å². The number of amides is 1. The van der Waals surface area contributed by atoms with Gasteiger partial charge in [0, 0.05) is 29.1 Å². The van der Waals surface area contributed by atoms with E-state index in [1.54, 1.807) is 6.07 Å². The molecule has 0 aromatic heterocycles. The van der Waals surface area contributed by atoms with E-state index >= 15 is 0 Å². The number of halogens is 1. The number of nitro groups is 1. The van der Waals surface area contributed by atoms with Gasteiger partial charge in [-0.15, -0.1) is 0 Å². The highest BCUT2D eigenvalue weighted by Crippen LogP contribution is 2.24. The zero-order chi connectivity index (χ0) is 18.4. The third-order valence-electron chi connectivity index (χ3n) is 3.75. The number of nitrogens with one attached hydrogen (secondary N) is 1. The first-order valence-electron chi connectivity index (χ1n) is 7.68. The van der Waals surface area contributed by atoms with E-state index in [-0.39, 0.29) is 23.6 Å². The summed E-state index contributed by atoms with van der Waals surface area (Å²) in [5.41, 5.74) is 0.713. The molecule has 2 aromatic carbocycles. The Morgan fingerprint density at radius 2 is 1.92 bits per heavy atom. The van der Waals surface area contributed by atoms with E-state index < -0.39 is 4.92 Å². The second-order valence-electron chi connectivity index (χ2n) is 6.21. The summed E-state index contributed by atoms with van der Waals surface area (Å²) in [6.45, 7) is 4.28. The summed E-state index contributed by atoms with van der Waals surface area (Å²) in [5.74, 6) is 0.128. The van der Waals surface area contributed by atoms with Crippen molar-refractivity contribution in [2.75, 3.05) is 13.2 Å². The monoisotopic (exact) mass is 362 g/mol. The Bertz CT molecular complexity index is 760. The molecule has 2 aromatic rings. The van der Waals surface area contributed by atoms with Gasteiger partial charge in [0.15, 0.2) is 6.61 Å². The van der Waals surface area contributed by atoms with Crippen LogP contribution >= 0.6 is 11.6 Å². The molecule has 0 aliphatic carbocycles. The van der Waals surface area contributed by atoms with E-state index in [1.165, 1.54) is 24.3 Å². The number of nitrogens with zero attached hydrogens (tertiary/aromatic N) is 1. The van der Waals surface area contributed by atoms with Crippen LogP contribution in [0.3, 0.4) is 0 Å². The van der Waals surface area contributed by atoms with E-state index in [9.17, 15) is 14.9 Å². The van der Waals surface area contributed by atoms with Gasteiger partial charge in [-0.1, -0.05) is 37.6 Å². The SMILES string of the molecule is CC(C)(CNC(=O)COc1ccc([N+](=O)[O-])cc1)c1cccc(Cl)c1. The lowest BCUT2D eigenvalue weighted by Crippen LogP contribution is -2.38. The van der Waals surface area contributed by atoms with Gasteiger partial charge in [-0.3, -0.25) is 14.9 Å². The molecule has 0 saturated heterocycles. The predicted octanol–water partition coefficient (Wildman–Crippen LogP) is 3.72. The van der Waals surface area contributed by atoms with Gasteiger partial charge in [-0.25, -0.2) is 0 Å². The maximum atomic E-state index is 12.0. The third-order valence-corrected chi connectivity index (χ3v) is 3.99. The van der Waals surface area contributed by atoms with Crippen LogP contribution < -0.4 is 10.1 Å². The van der Waals surface area contributed by atoms with Gasteiger partial charge in [0.05, 0.1) is 4.92 Å². The molecule has 6 nitrogen and oxygen atoms in total. The van der Waals surface area contributed by atoms with Crippen LogP contribution in [0, 0.1) is 10.1 Å². The van der Waals surface area contributed by atoms with Crippen molar-refractivity contribution in [3.63, 3.8) is 0 Å². The molecule has 0 fully saturated rings. The largest absolute Gasteiger partial charge is 0.484 e. The Morgan fingerprint density at radius 3 is 2.52 bits per heavy atom. The molecule has 0 spiro atoms. The van der Waals surface area contributed by atoms with E-state index in [1.807, 2.05) is 32.0 Å². The Labute approximate surface area is 150 Å². The molecular weight excluding hydrogens is 344 g/mol. The summed E-state index contributed by atoms with van der Waals surface area (Å²) >= 11 is 6.01. The smallest absolute Gasteiger partial charge is 0.269 e. The van der Waals surface area contributed by atoms with Crippen molar-refractivity contribution in [2.24, 2.45) is 0 Å². The van der Waals surface area contributed by atoms with Crippen molar-refractivity contribution in [2.45, 2.75) is 19.3 Å². The number of hydrogen-bond donors (Lipinski definition) is 1. The predicted molar refractivity (Wildman–Crippen MR) is 96.1 cm³/mol. The first-order valence-corrected chi connectivity index (χ1v) is 8.06. The van der Waals surface area contributed by atoms with Crippen LogP contribution in [0.25, 0.3) is 0 Å². The zero-order valence-electron chi connectivity index (χ0n) is 14.0. The van der Waals surface area contributed by atoms with Crippen LogP contribution in [-0.4, -0.2) is 24.0 Å². The third kappa shape index (κ3) is 5.46. The standard InChI is InChI=1S/C18H19ClN2O4/c1-18(2,13-4-3-5-14(19)10-13)12-20-17(22)11-25-16-8-6-15(7-9-16)21(23)24/h3-10H,11-12H2,1-2H3,(H,20,22). The number of benzene rings is 2. The molecule has 1 N–H and O–H groups in total. The van der Waals surface area contributed by atoms with Crippen LogP contribution in [-0.2, 0) is 10.2 Å². The van der Waals surface area contributed by atoms with E-state index in [0.717, 1.165) is 5.56 Å². The lowest BCUT2D eigenvalue weighted by molar-refractivity contribution is -0.384. The number of ether oxygens (including phenoxy) is 1. The topological polar surface area (TPSA) is 81.5 Å². The van der Waals surface area contributed by atoms with Gasteiger partial charge in [-0.2, -0.15) is 0 Å². The average molecular weight is 363 g/mol. The van der Waals surface area contributed by atoms with Gasteiger partial charge in [0.1, 0.15) is 5.75 Å².